The van der Waals surface area contributed by atoms with Gasteiger partial charge in [-0.05, 0) is 44.5 Å². The zero-order chi connectivity index (χ0) is 15.3. The van der Waals surface area contributed by atoms with Crippen molar-refractivity contribution in [3.8, 4) is 0 Å². The van der Waals surface area contributed by atoms with Crippen LogP contribution in [-0.2, 0) is 9.59 Å². The van der Waals surface area contributed by atoms with Crippen molar-refractivity contribution in [2.24, 2.45) is 0 Å². The van der Waals surface area contributed by atoms with Crippen LogP contribution in [0.15, 0.2) is 22.7 Å². The molecule has 0 aliphatic carbocycles. The van der Waals surface area contributed by atoms with Gasteiger partial charge in [0, 0.05) is 36.1 Å². The lowest BCUT2D eigenvalue weighted by atomic mass is 10.2. The molecule has 110 valence electrons. The fraction of sp³-hybridized carbons (Fsp3) is 0.467. The lowest BCUT2D eigenvalue weighted by molar-refractivity contribution is -0.121. The summed E-state index contributed by atoms with van der Waals surface area (Å²) in [5.74, 6) is -0.107. The number of benzene rings is 1. The number of nitrogens with zero attached hydrogens (tertiary/aromatic N) is 1. The molecule has 0 unspecified atom stereocenters. The third kappa shape index (κ3) is 4.96. The number of nitrogens with one attached hydrogen (secondary N) is 1. The Morgan fingerprint density at radius 1 is 1.35 bits per heavy atom. The van der Waals surface area contributed by atoms with Crippen LogP contribution in [0.5, 0.6) is 0 Å². The van der Waals surface area contributed by atoms with E-state index in [1.54, 1.807) is 4.90 Å². The highest BCUT2D eigenvalue weighted by atomic mass is 79.9. The summed E-state index contributed by atoms with van der Waals surface area (Å²) in [6, 6.07) is 5.84. The van der Waals surface area contributed by atoms with Gasteiger partial charge in [-0.25, -0.2) is 0 Å². The number of amides is 2. The molecule has 5 heteroatoms. The van der Waals surface area contributed by atoms with Gasteiger partial charge in [0.15, 0.2) is 0 Å². The molecule has 0 saturated heterocycles. The van der Waals surface area contributed by atoms with Gasteiger partial charge in [0.25, 0.3) is 0 Å². The van der Waals surface area contributed by atoms with E-state index in [2.05, 4.69) is 21.2 Å². The lowest BCUT2D eigenvalue weighted by Crippen LogP contribution is -2.36. The zero-order valence-electron chi connectivity index (χ0n) is 12.4. The van der Waals surface area contributed by atoms with Gasteiger partial charge in [0.05, 0.1) is 0 Å². The van der Waals surface area contributed by atoms with Crippen LogP contribution in [0.3, 0.4) is 0 Å². The summed E-state index contributed by atoms with van der Waals surface area (Å²) >= 11 is 3.44. The molecule has 1 rings (SSSR count). The Bertz CT molecular complexity index is 501. The molecule has 0 spiro atoms. The first-order valence-corrected chi connectivity index (χ1v) is 7.44. The van der Waals surface area contributed by atoms with Crippen LogP contribution in [0.4, 0.5) is 5.69 Å². The number of halogens is 1. The number of rotatable bonds is 5. The second-order valence-electron chi connectivity index (χ2n) is 5.08. The molecule has 0 aliphatic rings. The molecule has 0 saturated carbocycles. The number of hydrogen-bond acceptors (Lipinski definition) is 2. The van der Waals surface area contributed by atoms with Gasteiger partial charge in [-0.2, -0.15) is 0 Å². The summed E-state index contributed by atoms with van der Waals surface area (Å²) in [4.78, 5) is 25.1. The molecule has 1 N–H and O–H groups in total. The summed E-state index contributed by atoms with van der Waals surface area (Å²) in [6.07, 6.45) is 0.298. The van der Waals surface area contributed by atoms with E-state index in [-0.39, 0.29) is 17.9 Å². The average molecular weight is 341 g/mol. The smallest absolute Gasteiger partial charge is 0.223 e. The zero-order valence-corrected chi connectivity index (χ0v) is 14.0. The van der Waals surface area contributed by atoms with E-state index in [0.717, 1.165) is 15.7 Å². The van der Waals surface area contributed by atoms with Gasteiger partial charge < -0.3 is 10.2 Å². The Morgan fingerprint density at radius 2 is 2.00 bits per heavy atom. The molecule has 0 bridgehead atoms. The topological polar surface area (TPSA) is 49.4 Å². The van der Waals surface area contributed by atoms with Gasteiger partial charge in [-0.3, -0.25) is 9.59 Å². The van der Waals surface area contributed by atoms with Crippen molar-refractivity contribution in [1.82, 2.24) is 5.32 Å². The van der Waals surface area contributed by atoms with Crippen LogP contribution in [0, 0.1) is 6.92 Å². The highest BCUT2D eigenvalue weighted by Gasteiger charge is 2.14. The number of aryl methyl sites for hydroxylation is 1. The summed E-state index contributed by atoms with van der Waals surface area (Å²) in [6.45, 7) is 7.70. The molecule has 4 nitrogen and oxygen atoms in total. The van der Waals surface area contributed by atoms with Gasteiger partial charge in [-0.1, -0.05) is 15.9 Å². The van der Waals surface area contributed by atoms with E-state index in [9.17, 15) is 9.59 Å². The fourth-order valence-corrected chi connectivity index (χ4v) is 2.12. The quantitative estimate of drug-likeness (QED) is 0.895. The van der Waals surface area contributed by atoms with Crippen LogP contribution in [0.25, 0.3) is 0 Å². The standard InChI is InChI=1S/C15H21BrN2O2/c1-10(2)17-15(20)7-8-18(12(4)19)13-5-6-14(16)11(3)9-13/h5-6,9-10H,7-8H2,1-4H3,(H,17,20). The van der Waals surface area contributed by atoms with E-state index in [1.807, 2.05) is 39.0 Å². The SMILES string of the molecule is CC(=O)N(CCC(=O)NC(C)C)c1ccc(Br)c(C)c1. The van der Waals surface area contributed by atoms with Crippen molar-refractivity contribution in [2.75, 3.05) is 11.4 Å². The van der Waals surface area contributed by atoms with Crippen molar-refractivity contribution in [3.63, 3.8) is 0 Å². The van der Waals surface area contributed by atoms with E-state index in [0.29, 0.717) is 13.0 Å². The minimum atomic E-state index is -0.0657. The maximum absolute atomic E-state index is 11.8. The Balaban J connectivity index is 2.77. The van der Waals surface area contributed by atoms with Gasteiger partial charge >= 0.3 is 0 Å². The molecule has 0 radical (unpaired) electrons. The predicted octanol–water partition coefficient (Wildman–Crippen LogP) is 3.03. The summed E-state index contributed by atoms with van der Waals surface area (Å²) in [5, 5.41) is 2.82. The van der Waals surface area contributed by atoms with E-state index < -0.39 is 0 Å². The second kappa shape index (κ2) is 7.43. The van der Waals surface area contributed by atoms with E-state index in [1.165, 1.54) is 6.92 Å². The fourth-order valence-electron chi connectivity index (χ4n) is 1.87. The van der Waals surface area contributed by atoms with Crippen molar-refractivity contribution in [2.45, 2.75) is 40.2 Å². The molecule has 20 heavy (non-hydrogen) atoms. The van der Waals surface area contributed by atoms with Crippen molar-refractivity contribution >= 4 is 33.4 Å². The van der Waals surface area contributed by atoms with Gasteiger partial charge in [0.1, 0.15) is 0 Å². The first-order chi connectivity index (χ1) is 9.31. The molecule has 0 aromatic heterocycles. The third-order valence-corrected chi connectivity index (χ3v) is 3.74. The van der Waals surface area contributed by atoms with E-state index >= 15 is 0 Å². The van der Waals surface area contributed by atoms with Gasteiger partial charge in [-0.15, -0.1) is 0 Å². The Kier molecular flexibility index (Phi) is 6.20. The molecule has 1 aromatic rings. The van der Waals surface area contributed by atoms with Crippen LogP contribution in [0.1, 0.15) is 32.8 Å². The van der Waals surface area contributed by atoms with Crippen LogP contribution in [-0.4, -0.2) is 24.4 Å². The number of hydrogen-bond donors (Lipinski definition) is 1. The normalized spacial score (nSPS) is 10.5. The van der Waals surface area contributed by atoms with Crippen LogP contribution < -0.4 is 10.2 Å². The van der Waals surface area contributed by atoms with Crippen LogP contribution >= 0.6 is 15.9 Å². The summed E-state index contributed by atoms with van der Waals surface area (Å²) < 4.78 is 1.00. The maximum Gasteiger partial charge on any atom is 0.223 e. The molecule has 0 aliphatic heterocycles. The largest absolute Gasteiger partial charge is 0.354 e. The molecule has 2 amide bonds. The number of anilines is 1. The molecule has 1 aromatic carbocycles. The summed E-state index contributed by atoms with van der Waals surface area (Å²) in [7, 11) is 0. The minimum Gasteiger partial charge on any atom is -0.354 e. The van der Waals surface area contributed by atoms with Gasteiger partial charge in [0.2, 0.25) is 11.8 Å². The number of carbonyl (C=O) groups is 2. The van der Waals surface area contributed by atoms with Crippen molar-refractivity contribution in [3.05, 3.63) is 28.2 Å². The highest BCUT2D eigenvalue weighted by molar-refractivity contribution is 9.10. The Morgan fingerprint density at radius 3 is 2.50 bits per heavy atom. The molecule has 0 atom stereocenters. The average Bonchev–Trinajstić information content (AvgIpc) is 2.32. The first kappa shape index (κ1) is 16.7. The molecule has 0 fully saturated rings. The second-order valence-corrected chi connectivity index (χ2v) is 5.93. The van der Waals surface area contributed by atoms with Crippen molar-refractivity contribution in [1.29, 1.82) is 0 Å². The maximum atomic E-state index is 11.8. The highest BCUT2D eigenvalue weighted by Crippen LogP contribution is 2.23. The predicted molar refractivity (Wildman–Crippen MR) is 84.8 cm³/mol. The molecular weight excluding hydrogens is 320 g/mol. The monoisotopic (exact) mass is 340 g/mol. The molecular formula is C15H21BrN2O2. The Hall–Kier alpha value is -1.36. The number of carbonyl (C=O) groups excluding carboxylic acids is 2. The van der Waals surface area contributed by atoms with Crippen molar-refractivity contribution < 1.29 is 9.59 Å². The van der Waals surface area contributed by atoms with E-state index in [4.69, 9.17) is 0 Å². The lowest BCUT2D eigenvalue weighted by Gasteiger charge is -2.22. The Labute approximate surface area is 128 Å². The molecule has 0 heterocycles. The third-order valence-electron chi connectivity index (χ3n) is 2.85. The summed E-state index contributed by atoms with van der Waals surface area (Å²) in [5.41, 5.74) is 1.87. The van der Waals surface area contributed by atoms with Crippen LogP contribution in [0.2, 0.25) is 0 Å². The minimum absolute atomic E-state index is 0.0416. The first-order valence-electron chi connectivity index (χ1n) is 6.65.